The molecule has 31 heteroatoms. The van der Waals surface area contributed by atoms with Gasteiger partial charge in [0.2, 0.25) is 23.6 Å². The minimum atomic E-state index is -0.978. The number of rotatable bonds is 40. The number of unbranched alkanes of at least 4 members (excludes halogenated alkanes) is 2. The number of methoxy groups -OCH3 is 1. The highest BCUT2D eigenvalue weighted by Crippen LogP contribution is 2.37. The SMILES string of the molecule is C=C1CC(C2OCCN2C(=O)OCc2ccc(NC(=O)[C@H](C)NC(=O)[C@@H](NC(=O)CCOCCOCCOCCOCCNC(=O)CCN3C(=O)C=CC3=O)C(C)C)cc2)N(C(=O)c2cc(OC)c(OCCCCCOc3ccc(-c4nc5ccc(-c6nc7cc(N8CCN(C)CC8)ccc7[nH]6)cc5[nH]4)cc3)cc2N)C1. The van der Waals surface area contributed by atoms with E-state index in [0.717, 1.165) is 107 Å². The van der Waals surface area contributed by atoms with Crippen LogP contribution in [0.2, 0.25) is 0 Å². The number of aromatic amines is 2. The van der Waals surface area contributed by atoms with Crippen LogP contribution in [0.15, 0.2) is 121 Å². The second-order valence-corrected chi connectivity index (χ2v) is 27.9. The number of fused-ring (bicyclic) bond motifs is 2. The number of nitrogens with two attached hydrogens (primary N) is 1. The summed E-state index contributed by atoms with van der Waals surface area (Å²) in [6.45, 7) is 17.2. The third-order valence-corrected chi connectivity index (χ3v) is 19.4. The van der Waals surface area contributed by atoms with Gasteiger partial charge in [-0.15, -0.1) is 0 Å². The Morgan fingerprint density at radius 2 is 1.32 bits per heavy atom. The van der Waals surface area contributed by atoms with E-state index in [4.69, 9.17) is 58.3 Å². The maximum absolute atomic E-state index is 14.5. The lowest BCUT2D eigenvalue weighted by atomic mass is 10.0. The topological polar surface area (TPSA) is 367 Å². The Bertz CT molecular complexity index is 4410. The predicted octanol–water partition coefficient (Wildman–Crippen LogP) is 6.98. The standard InChI is InChI=1S/C80H100N14O17/c1-51(2)73(89-70(96)25-35-104-38-40-106-42-43-107-41-39-105-36-26-82-69(95)24-27-92-71(97)22-23-72(92)98)77(100)83-53(4)76(99)84-57-15-10-54(11-16-57)50-111-80(102)93-32-37-110-79(93)66-44-52(3)49-94(66)78(101)60-47-67(103-6)68(48-61(60)81)109-34-9-7-8-33-108-59-18-12-55(13-19-59)74-85-62-20-14-56(45-64(62)87-74)75-86-63-21-17-58(46-65(63)88-75)91-30-28-90(5)29-31-91/h10-23,45-48,51,53,66,73,79H,3,7-9,24-44,49-50,81H2,1-2,4-6H3,(H,82,95)(H,83,100)(H,84,99)(H,85,87)(H,86,88)(H,89,96)/t53-,66?,73-,79?/m0/s1. The van der Waals surface area contributed by atoms with Crippen molar-refractivity contribution in [3.8, 4) is 40.0 Å². The average molecular weight is 1530 g/mol. The Kier molecular flexibility index (Phi) is 28.9. The number of H-pyrrole nitrogens is 2. The summed E-state index contributed by atoms with van der Waals surface area (Å²) in [6.07, 6.45) is 3.57. The molecule has 2 unspecified atom stereocenters. The number of carbonyl (C=O) groups is 8. The van der Waals surface area contributed by atoms with Gasteiger partial charge in [0, 0.05) is 105 Å². The minimum Gasteiger partial charge on any atom is -0.494 e. The van der Waals surface area contributed by atoms with Crippen molar-refractivity contribution in [1.82, 2.24) is 55.5 Å². The van der Waals surface area contributed by atoms with Gasteiger partial charge in [0.05, 0.1) is 120 Å². The number of nitrogens with zero attached hydrogens (tertiary/aromatic N) is 7. The maximum Gasteiger partial charge on any atom is 0.412 e. The van der Waals surface area contributed by atoms with Crippen molar-refractivity contribution in [3.05, 3.63) is 132 Å². The van der Waals surface area contributed by atoms with Gasteiger partial charge in [-0.25, -0.2) is 14.8 Å². The molecule has 0 aliphatic carbocycles. The molecule has 2 aromatic heterocycles. The molecule has 111 heavy (non-hydrogen) atoms. The molecular formula is C80H100N14O17. The zero-order valence-electron chi connectivity index (χ0n) is 63.5. The lowest BCUT2D eigenvalue weighted by molar-refractivity contribution is -0.137. The summed E-state index contributed by atoms with van der Waals surface area (Å²) in [5.41, 5.74) is 15.6. The van der Waals surface area contributed by atoms with E-state index < -0.39 is 65.9 Å². The van der Waals surface area contributed by atoms with Crippen LogP contribution in [-0.4, -0.2) is 251 Å². The second-order valence-electron chi connectivity index (χ2n) is 27.9. The highest BCUT2D eigenvalue weighted by Gasteiger charge is 2.45. The van der Waals surface area contributed by atoms with Crippen molar-refractivity contribution >= 4 is 86.6 Å². The van der Waals surface area contributed by atoms with Crippen molar-refractivity contribution < 1.29 is 81.0 Å². The smallest absolute Gasteiger partial charge is 0.412 e. The molecule has 5 aromatic carbocycles. The molecule has 7 aromatic rings. The first-order valence-corrected chi connectivity index (χ1v) is 37.7. The van der Waals surface area contributed by atoms with Crippen LogP contribution < -0.4 is 46.1 Å². The van der Waals surface area contributed by atoms with Gasteiger partial charge in [-0.05, 0) is 130 Å². The molecular weight excluding hydrogens is 1430 g/mol. The first-order chi connectivity index (χ1) is 53.7. The minimum absolute atomic E-state index is 0.00395. The number of benzene rings is 5. The fraction of sp³-hybridized carbons (Fsp3) is 0.450. The van der Waals surface area contributed by atoms with Crippen LogP contribution in [0.3, 0.4) is 0 Å². The first-order valence-electron chi connectivity index (χ1n) is 37.7. The molecule has 11 rings (SSSR count). The fourth-order valence-electron chi connectivity index (χ4n) is 13.1. The van der Waals surface area contributed by atoms with Crippen molar-refractivity contribution in [2.24, 2.45) is 5.92 Å². The van der Waals surface area contributed by atoms with Gasteiger partial charge in [-0.2, -0.15) is 0 Å². The Hall–Kier alpha value is -11.0. The van der Waals surface area contributed by atoms with E-state index in [1.807, 2.05) is 36.4 Å². The van der Waals surface area contributed by atoms with Crippen LogP contribution in [0.5, 0.6) is 17.2 Å². The number of aromatic nitrogens is 4. The molecule has 4 aliphatic rings. The highest BCUT2D eigenvalue weighted by atomic mass is 16.6. The van der Waals surface area contributed by atoms with E-state index in [1.165, 1.54) is 36.8 Å². The highest BCUT2D eigenvalue weighted by molar-refractivity contribution is 6.13. The quantitative estimate of drug-likeness (QED) is 0.00881. The van der Waals surface area contributed by atoms with Gasteiger partial charge < -0.3 is 94.3 Å². The molecule has 31 nitrogen and oxygen atoms in total. The summed E-state index contributed by atoms with van der Waals surface area (Å²) in [7, 11) is 3.66. The van der Waals surface area contributed by atoms with Crippen molar-refractivity contribution in [2.45, 2.75) is 90.3 Å². The summed E-state index contributed by atoms with van der Waals surface area (Å²) in [4.78, 5) is 129. The van der Waals surface area contributed by atoms with Crippen LogP contribution in [0, 0.1) is 5.92 Å². The number of imidazole rings is 2. The molecule has 0 saturated carbocycles. The summed E-state index contributed by atoms with van der Waals surface area (Å²) in [6, 6.07) is 27.8. The largest absolute Gasteiger partial charge is 0.494 e. The molecule has 8 N–H and O–H groups in total. The zero-order chi connectivity index (χ0) is 78.3. The number of anilines is 3. The summed E-state index contributed by atoms with van der Waals surface area (Å²) < 4.78 is 51.8. The molecule has 0 radical (unpaired) electrons. The molecule has 3 fully saturated rings. The average Bonchev–Trinajstić information content (AvgIpc) is 1.64. The van der Waals surface area contributed by atoms with Crippen LogP contribution in [0.1, 0.15) is 75.2 Å². The number of nitrogen functional groups attached to an aromatic ring is 1. The summed E-state index contributed by atoms with van der Waals surface area (Å²) in [5.74, 6) is -0.249. The summed E-state index contributed by atoms with van der Waals surface area (Å²) >= 11 is 0. The van der Waals surface area contributed by atoms with Gasteiger partial charge in [0.15, 0.2) is 17.7 Å². The number of imide groups is 1. The molecule has 0 bridgehead atoms. The van der Waals surface area contributed by atoms with Gasteiger partial charge in [0.1, 0.15) is 36.1 Å². The number of hydrogen-bond acceptors (Lipinski definition) is 22. The van der Waals surface area contributed by atoms with Crippen LogP contribution in [0.4, 0.5) is 21.9 Å². The Morgan fingerprint density at radius 3 is 2.04 bits per heavy atom. The number of ether oxygens (including phenoxy) is 9. The Morgan fingerprint density at radius 1 is 0.658 bits per heavy atom. The molecule has 8 amide bonds. The van der Waals surface area contributed by atoms with E-state index in [2.05, 4.69) is 78.9 Å². The van der Waals surface area contributed by atoms with Crippen molar-refractivity contribution in [3.63, 3.8) is 0 Å². The van der Waals surface area contributed by atoms with E-state index in [0.29, 0.717) is 68.8 Å². The van der Waals surface area contributed by atoms with Gasteiger partial charge in [0.25, 0.3) is 17.7 Å². The number of hydrogen-bond donors (Lipinski definition) is 7. The van der Waals surface area contributed by atoms with Crippen molar-refractivity contribution in [1.29, 1.82) is 0 Å². The number of carbonyl (C=O) groups excluding carboxylic acids is 8. The Balaban J connectivity index is 0.541. The van der Waals surface area contributed by atoms with Crippen LogP contribution in [0.25, 0.3) is 44.8 Å². The maximum atomic E-state index is 14.5. The fourth-order valence-corrected chi connectivity index (χ4v) is 13.1. The molecule has 4 atom stereocenters. The lowest BCUT2D eigenvalue weighted by Crippen LogP contribution is -2.53. The number of likely N-dealkylation sites (tertiary alicyclic amines) is 1. The number of nitrogens with one attached hydrogen (secondary N) is 6. The lowest BCUT2D eigenvalue weighted by Gasteiger charge is -2.34. The second kappa shape index (κ2) is 39.6. The monoisotopic (exact) mass is 1530 g/mol. The Labute approximate surface area is 644 Å². The van der Waals surface area contributed by atoms with Crippen LogP contribution >= 0.6 is 0 Å². The van der Waals surface area contributed by atoms with E-state index in [1.54, 1.807) is 55.1 Å². The van der Waals surface area contributed by atoms with Crippen LogP contribution in [-0.2, 0) is 63.8 Å². The van der Waals surface area contributed by atoms with E-state index in [-0.39, 0.29) is 102 Å². The van der Waals surface area contributed by atoms with Gasteiger partial charge >= 0.3 is 6.09 Å². The molecule has 3 saturated heterocycles. The van der Waals surface area contributed by atoms with Gasteiger partial charge in [-0.1, -0.05) is 38.1 Å². The normalized spacial score (nSPS) is 16.4. The molecule has 592 valence electrons. The number of piperazine rings is 1. The molecule has 4 aliphatic heterocycles. The third-order valence-electron chi connectivity index (χ3n) is 19.4. The summed E-state index contributed by atoms with van der Waals surface area (Å²) in [5, 5.41) is 10.9. The predicted molar refractivity (Wildman–Crippen MR) is 415 cm³/mol. The van der Waals surface area contributed by atoms with Crippen molar-refractivity contribution in [2.75, 3.05) is 155 Å². The molecule has 6 heterocycles. The van der Waals surface area contributed by atoms with E-state index in [9.17, 15) is 38.4 Å². The molecule has 0 spiro atoms. The first kappa shape index (κ1) is 81.0. The number of likely N-dealkylation sites (N-methyl/N-ethyl adjacent to an activating group) is 1. The zero-order valence-corrected chi connectivity index (χ0v) is 63.5. The van der Waals surface area contributed by atoms with Gasteiger partial charge in [-0.3, -0.25) is 43.4 Å². The number of amides is 8. The third kappa shape index (κ3) is 22.4. The van der Waals surface area contributed by atoms with E-state index >= 15 is 0 Å².